The quantitative estimate of drug-likeness (QED) is 0.866. The van der Waals surface area contributed by atoms with Crippen molar-refractivity contribution in [1.29, 1.82) is 0 Å². The molecule has 3 aliphatic rings. The molecule has 1 aliphatic carbocycles. The highest BCUT2D eigenvalue weighted by Crippen LogP contribution is 2.45. The number of piperazine rings is 1. The van der Waals surface area contributed by atoms with Crippen molar-refractivity contribution in [3.05, 3.63) is 0 Å². The third-order valence-corrected chi connectivity index (χ3v) is 6.08. The van der Waals surface area contributed by atoms with Crippen molar-refractivity contribution in [3.63, 3.8) is 0 Å². The van der Waals surface area contributed by atoms with E-state index >= 15 is 0 Å². The van der Waals surface area contributed by atoms with Gasteiger partial charge in [0.05, 0.1) is 12.2 Å². The molecule has 122 valence electrons. The van der Waals surface area contributed by atoms with Gasteiger partial charge in [0, 0.05) is 31.2 Å². The molecule has 0 amide bonds. The molecule has 2 aliphatic heterocycles. The average molecular weight is 294 g/mol. The molecular formula is C18H34N2O. The van der Waals surface area contributed by atoms with Crippen molar-refractivity contribution in [2.45, 2.75) is 84.1 Å². The van der Waals surface area contributed by atoms with Crippen LogP contribution in [0, 0.1) is 11.3 Å². The van der Waals surface area contributed by atoms with E-state index in [0.29, 0.717) is 29.2 Å². The van der Waals surface area contributed by atoms with Crippen molar-refractivity contribution in [1.82, 2.24) is 10.2 Å². The van der Waals surface area contributed by atoms with Crippen molar-refractivity contribution >= 4 is 0 Å². The third kappa shape index (κ3) is 3.30. The minimum Gasteiger partial charge on any atom is -0.374 e. The smallest absolute Gasteiger partial charge is 0.0706 e. The summed E-state index contributed by atoms with van der Waals surface area (Å²) in [4.78, 5) is 2.78. The Morgan fingerprint density at radius 1 is 1.19 bits per heavy atom. The lowest BCUT2D eigenvalue weighted by molar-refractivity contribution is -0.0364. The molecule has 0 spiro atoms. The Labute approximate surface area is 130 Å². The van der Waals surface area contributed by atoms with E-state index in [2.05, 4.69) is 44.8 Å². The van der Waals surface area contributed by atoms with Crippen molar-refractivity contribution in [3.8, 4) is 0 Å². The molecule has 2 heterocycles. The zero-order chi connectivity index (χ0) is 15.3. The lowest BCUT2D eigenvalue weighted by Crippen LogP contribution is -2.67. The van der Waals surface area contributed by atoms with Crippen LogP contribution in [0.25, 0.3) is 0 Å². The van der Waals surface area contributed by atoms with Gasteiger partial charge in [0.2, 0.25) is 0 Å². The molecule has 0 bridgehead atoms. The number of hydrogen-bond donors (Lipinski definition) is 1. The molecule has 4 unspecified atom stereocenters. The minimum absolute atomic E-state index is 0.326. The Balaban J connectivity index is 1.70. The van der Waals surface area contributed by atoms with Gasteiger partial charge in [-0.1, -0.05) is 20.8 Å². The highest BCUT2D eigenvalue weighted by molar-refractivity contribution is 5.06. The first kappa shape index (κ1) is 15.8. The van der Waals surface area contributed by atoms with Gasteiger partial charge in [-0.05, 0) is 50.9 Å². The first-order valence-corrected chi connectivity index (χ1v) is 8.93. The summed E-state index contributed by atoms with van der Waals surface area (Å²) in [5.41, 5.74) is 0.671. The molecule has 4 atom stereocenters. The van der Waals surface area contributed by atoms with E-state index < -0.39 is 0 Å². The minimum atomic E-state index is 0.326. The molecule has 3 nitrogen and oxygen atoms in total. The molecule has 0 radical (unpaired) electrons. The summed E-state index contributed by atoms with van der Waals surface area (Å²) in [6.07, 6.45) is 6.22. The summed E-state index contributed by atoms with van der Waals surface area (Å²) >= 11 is 0. The van der Waals surface area contributed by atoms with Crippen LogP contribution in [0.3, 0.4) is 0 Å². The van der Waals surface area contributed by atoms with Crippen LogP contribution in [0.1, 0.15) is 60.3 Å². The Hall–Kier alpha value is -0.120. The second-order valence-electron chi connectivity index (χ2n) is 8.98. The van der Waals surface area contributed by atoms with E-state index in [-0.39, 0.29) is 0 Å². The van der Waals surface area contributed by atoms with Crippen LogP contribution in [0.2, 0.25) is 0 Å². The van der Waals surface area contributed by atoms with E-state index in [0.717, 1.165) is 19.0 Å². The Morgan fingerprint density at radius 2 is 1.90 bits per heavy atom. The molecule has 2 saturated heterocycles. The number of ether oxygens (including phenoxy) is 1. The monoisotopic (exact) mass is 294 g/mol. The summed E-state index contributed by atoms with van der Waals surface area (Å²) < 4.78 is 6.12. The van der Waals surface area contributed by atoms with Gasteiger partial charge >= 0.3 is 0 Å². The molecule has 21 heavy (non-hydrogen) atoms. The number of nitrogens with one attached hydrogen (secondary N) is 1. The number of nitrogens with zero attached hydrogens (tertiary/aromatic N) is 1. The van der Waals surface area contributed by atoms with Gasteiger partial charge in [-0.25, -0.2) is 0 Å². The highest BCUT2D eigenvalue weighted by Gasteiger charge is 2.50. The van der Waals surface area contributed by atoms with Gasteiger partial charge in [-0.2, -0.15) is 0 Å². The predicted molar refractivity (Wildman–Crippen MR) is 87.5 cm³/mol. The van der Waals surface area contributed by atoms with Gasteiger partial charge in [0.25, 0.3) is 0 Å². The SMILES string of the molecule is CC1CCC(CN2CC(C(C)(C)C)NCC2(C)C2CC2)O1. The normalized spacial score (nSPS) is 42.4. The first-order valence-electron chi connectivity index (χ1n) is 8.93. The van der Waals surface area contributed by atoms with Crippen LogP contribution in [0.15, 0.2) is 0 Å². The molecule has 3 rings (SSSR count). The fourth-order valence-corrected chi connectivity index (χ4v) is 4.17. The van der Waals surface area contributed by atoms with E-state index in [9.17, 15) is 0 Å². The lowest BCUT2D eigenvalue weighted by atomic mass is 9.80. The van der Waals surface area contributed by atoms with Gasteiger partial charge in [-0.3, -0.25) is 4.90 Å². The summed E-state index contributed by atoms with van der Waals surface area (Å²) in [7, 11) is 0. The molecule has 0 aromatic rings. The molecule has 1 saturated carbocycles. The molecular weight excluding hydrogens is 260 g/mol. The summed E-state index contributed by atoms with van der Waals surface area (Å²) in [5, 5.41) is 3.85. The van der Waals surface area contributed by atoms with Crippen molar-refractivity contribution in [2.75, 3.05) is 19.6 Å². The molecule has 1 N–H and O–H groups in total. The average Bonchev–Trinajstić information content (AvgIpc) is 3.16. The maximum atomic E-state index is 6.12. The Bertz CT molecular complexity index is 374. The maximum Gasteiger partial charge on any atom is 0.0706 e. The van der Waals surface area contributed by atoms with Gasteiger partial charge in [0.1, 0.15) is 0 Å². The standard InChI is InChI=1S/C18H34N2O/c1-13-6-9-15(21-13)10-20-11-16(17(2,3)4)19-12-18(20,5)14-7-8-14/h13-16,19H,6-12H2,1-5H3. The number of rotatable bonds is 3. The first-order chi connectivity index (χ1) is 9.79. The van der Waals surface area contributed by atoms with E-state index in [4.69, 9.17) is 4.74 Å². The fourth-order valence-electron chi connectivity index (χ4n) is 4.17. The van der Waals surface area contributed by atoms with Crippen LogP contribution in [-0.4, -0.2) is 48.3 Å². The molecule has 0 aromatic heterocycles. The van der Waals surface area contributed by atoms with Crippen LogP contribution < -0.4 is 5.32 Å². The Kier molecular flexibility index (Phi) is 4.13. The van der Waals surface area contributed by atoms with Crippen molar-refractivity contribution < 1.29 is 4.74 Å². The largest absolute Gasteiger partial charge is 0.374 e. The predicted octanol–water partition coefficient (Wildman–Crippen LogP) is 3.04. The summed E-state index contributed by atoms with van der Waals surface area (Å²) in [6.45, 7) is 15.2. The maximum absolute atomic E-state index is 6.12. The summed E-state index contributed by atoms with van der Waals surface area (Å²) in [5.74, 6) is 0.893. The summed E-state index contributed by atoms with van der Waals surface area (Å²) in [6, 6.07) is 0.586. The van der Waals surface area contributed by atoms with Crippen molar-refractivity contribution in [2.24, 2.45) is 11.3 Å². The van der Waals surface area contributed by atoms with Crippen LogP contribution in [-0.2, 0) is 4.74 Å². The lowest BCUT2D eigenvalue weighted by Gasteiger charge is -2.52. The third-order valence-electron chi connectivity index (χ3n) is 6.08. The second-order valence-corrected chi connectivity index (χ2v) is 8.98. The number of hydrogen-bond acceptors (Lipinski definition) is 3. The second kappa shape index (κ2) is 5.50. The van der Waals surface area contributed by atoms with E-state index in [1.54, 1.807) is 0 Å². The topological polar surface area (TPSA) is 24.5 Å². The van der Waals surface area contributed by atoms with Gasteiger partial charge in [-0.15, -0.1) is 0 Å². The van der Waals surface area contributed by atoms with Gasteiger partial charge < -0.3 is 10.1 Å². The van der Waals surface area contributed by atoms with Crippen LogP contribution in [0.5, 0.6) is 0 Å². The van der Waals surface area contributed by atoms with Crippen LogP contribution >= 0.6 is 0 Å². The molecule has 3 heteroatoms. The zero-order valence-electron chi connectivity index (χ0n) is 14.6. The molecule has 0 aromatic carbocycles. The van der Waals surface area contributed by atoms with E-state index in [1.165, 1.54) is 32.2 Å². The fraction of sp³-hybridized carbons (Fsp3) is 1.00. The molecule has 3 fully saturated rings. The zero-order valence-corrected chi connectivity index (χ0v) is 14.6. The van der Waals surface area contributed by atoms with E-state index in [1.807, 2.05) is 0 Å². The highest BCUT2D eigenvalue weighted by atomic mass is 16.5. The van der Waals surface area contributed by atoms with Crippen LogP contribution in [0.4, 0.5) is 0 Å². The Morgan fingerprint density at radius 3 is 2.43 bits per heavy atom. The van der Waals surface area contributed by atoms with Gasteiger partial charge in [0.15, 0.2) is 0 Å².